The van der Waals surface area contributed by atoms with E-state index in [2.05, 4.69) is 9.97 Å². The summed E-state index contributed by atoms with van der Waals surface area (Å²) in [5.74, 6) is 1.71. The van der Waals surface area contributed by atoms with Crippen molar-refractivity contribution in [2.75, 3.05) is 6.54 Å². The predicted molar refractivity (Wildman–Crippen MR) is 53.8 cm³/mol. The number of nitrogens with one attached hydrogen (secondary N) is 1. The summed E-state index contributed by atoms with van der Waals surface area (Å²) in [7, 11) is 0. The van der Waals surface area contributed by atoms with E-state index in [0.29, 0.717) is 6.54 Å². The lowest BCUT2D eigenvalue weighted by atomic mass is 10.3. The maximum atomic E-state index is 5.46. The number of hydrogen-bond donors (Lipinski definition) is 2. The number of H-pyrrole nitrogens is 1. The Hall–Kier alpha value is -1.55. The molecule has 0 radical (unpaired) electrons. The van der Waals surface area contributed by atoms with E-state index in [9.17, 15) is 0 Å². The summed E-state index contributed by atoms with van der Waals surface area (Å²) in [5, 5.41) is 0. The Balaban J connectivity index is 2.35. The molecule has 0 bridgehead atoms. The zero-order chi connectivity index (χ0) is 9.97. The van der Waals surface area contributed by atoms with Crippen LogP contribution >= 0.6 is 0 Å². The highest BCUT2D eigenvalue weighted by molar-refractivity contribution is 5.55. The zero-order valence-corrected chi connectivity index (χ0v) is 8.08. The van der Waals surface area contributed by atoms with Gasteiger partial charge in [0.15, 0.2) is 5.76 Å². The molecule has 0 aliphatic heterocycles. The van der Waals surface area contributed by atoms with Crippen molar-refractivity contribution < 1.29 is 4.42 Å². The van der Waals surface area contributed by atoms with Gasteiger partial charge in [0.25, 0.3) is 0 Å². The van der Waals surface area contributed by atoms with Gasteiger partial charge in [-0.05, 0) is 25.6 Å². The van der Waals surface area contributed by atoms with Crippen LogP contribution in [0.1, 0.15) is 11.5 Å². The van der Waals surface area contributed by atoms with Gasteiger partial charge in [0, 0.05) is 12.1 Å². The molecule has 14 heavy (non-hydrogen) atoms. The van der Waals surface area contributed by atoms with Crippen LogP contribution in [-0.4, -0.2) is 16.5 Å². The SMILES string of the molecule is Cc1[nH]c(CCN)nc1-c1ccco1. The van der Waals surface area contributed by atoms with Crippen LogP contribution in [0.5, 0.6) is 0 Å². The molecular formula is C10H13N3O. The second-order valence-corrected chi connectivity index (χ2v) is 3.17. The van der Waals surface area contributed by atoms with Gasteiger partial charge >= 0.3 is 0 Å². The molecule has 2 aromatic heterocycles. The quantitative estimate of drug-likeness (QED) is 0.772. The monoisotopic (exact) mass is 191 g/mol. The van der Waals surface area contributed by atoms with E-state index in [-0.39, 0.29) is 0 Å². The number of furan rings is 1. The molecule has 2 rings (SSSR count). The van der Waals surface area contributed by atoms with E-state index in [1.54, 1.807) is 6.26 Å². The molecule has 0 spiro atoms. The van der Waals surface area contributed by atoms with Crippen LogP contribution in [0.3, 0.4) is 0 Å². The first-order valence-electron chi connectivity index (χ1n) is 4.60. The van der Waals surface area contributed by atoms with E-state index in [0.717, 1.165) is 29.4 Å². The maximum Gasteiger partial charge on any atom is 0.154 e. The second kappa shape index (κ2) is 3.67. The van der Waals surface area contributed by atoms with E-state index >= 15 is 0 Å². The molecule has 0 aliphatic carbocycles. The number of imidazole rings is 1. The fourth-order valence-electron chi connectivity index (χ4n) is 1.43. The van der Waals surface area contributed by atoms with Crippen molar-refractivity contribution in [3.8, 4) is 11.5 Å². The Morgan fingerprint density at radius 3 is 3.07 bits per heavy atom. The minimum Gasteiger partial charge on any atom is -0.463 e. The van der Waals surface area contributed by atoms with Gasteiger partial charge in [0.05, 0.1) is 6.26 Å². The Kier molecular flexibility index (Phi) is 2.37. The van der Waals surface area contributed by atoms with Crippen LogP contribution in [0.15, 0.2) is 22.8 Å². The van der Waals surface area contributed by atoms with Gasteiger partial charge < -0.3 is 15.1 Å². The summed E-state index contributed by atoms with van der Waals surface area (Å²) < 4.78 is 5.28. The second-order valence-electron chi connectivity index (χ2n) is 3.17. The molecular weight excluding hydrogens is 178 g/mol. The average Bonchev–Trinajstić information content (AvgIpc) is 2.74. The number of nitrogens with zero attached hydrogens (tertiary/aromatic N) is 1. The summed E-state index contributed by atoms with van der Waals surface area (Å²) >= 11 is 0. The molecule has 4 heteroatoms. The third kappa shape index (κ3) is 1.56. The van der Waals surface area contributed by atoms with Crippen molar-refractivity contribution in [3.05, 3.63) is 29.9 Å². The van der Waals surface area contributed by atoms with Gasteiger partial charge in [-0.15, -0.1) is 0 Å². The van der Waals surface area contributed by atoms with Crippen molar-refractivity contribution in [1.29, 1.82) is 0 Å². The van der Waals surface area contributed by atoms with Gasteiger partial charge in [-0.3, -0.25) is 0 Å². The van der Waals surface area contributed by atoms with Crippen LogP contribution in [0, 0.1) is 6.92 Å². The number of aromatic amines is 1. The summed E-state index contributed by atoms with van der Waals surface area (Å²) in [6.45, 7) is 2.58. The van der Waals surface area contributed by atoms with Crippen LogP contribution in [0.2, 0.25) is 0 Å². The first-order chi connectivity index (χ1) is 6.81. The summed E-state index contributed by atoms with van der Waals surface area (Å²) in [6.07, 6.45) is 2.41. The fraction of sp³-hybridized carbons (Fsp3) is 0.300. The van der Waals surface area contributed by atoms with Gasteiger partial charge in [0.1, 0.15) is 11.5 Å². The fourth-order valence-corrected chi connectivity index (χ4v) is 1.43. The van der Waals surface area contributed by atoms with E-state index in [4.69, 9.17) is 10.2 Å². The summed E-state index contributed by atoms with van der Waals surface area (Å²) in [5.41, 5.74) is 7.35. The molecule has 0 amide bonds. The molecule has 4 nitrogen and oxygen atoms in total. The summed E-state index contributed by atoms with van der Waals surface area (Å²) in [4.78, 5) is 7.60. The molecule has 0 aliphatic rings. The largest absolute Gasteiger partial charge is 0.463 e. The number of hydrogen-bond acceptors (Lipinski definition) is 3. The molecule has 0 atom stereocenters. The van der Waals surface area contributed by atoms with Gasteiger partial charge in [-0.1, -0.05) is 0 Å². The molecule has 3 N–H and O–H groups in total. The average molecular weight is 191 g/mol. The highest BCUT2D eigenvalue weighted by Crippen LogP contribution is 2.21. The third-order valence-electron chi connectivity index (χ3n) is 2.07. The topological polar surface area (TPSA) is 67.8 Å². The minimum atomic E-state index is 0.602. The Bertz CT molecular complexity index is 403. The minimum absolute atomic E-state index is 0.602. The summed E-state index contributed by atoms with van der Waals surface area (Å²) in [6, 6.07) is 3.75. The Morgan fingerprint density at radius 2 is 2.43 bits per heavy atom. The lowest BCUT2D eigenvalue weighted by molar-refractivity contribution is 0.580. The Labute approximate surface area is 82.1 Å². The van der Waals surface area contributed by atoms with Crippen molar-refractivity contribution >= 4 is 0 Å². The highest BCUT2D eigenvalue weighted by Gasteiger charge is 2.10. The molecule has 0 aromatic carbocycles. The number of aromatic nitrogens is 2. The maximum absolute atomic E-state index is 5.46. The van der Waals surface area contributed by atoms with Crippen LogP contribution in [0.25, 0.3) is 11.5 Å². The number of nitrogens with two attached hydrogens (primary N) is 1. The molecule has 0 saturated heterocycles. The van der Waals surface area contributed by atoms with Crippen molar-refractivity contribution in [1.82, 2.24) is 9.97 Å². The molecule has 2 aromatic rings. The van der Waals surface area contributed by atoms with E-state index in [1.807, 2.05) is 19.1 Å². The molecule has 2 heterocycles. The van der Waals surface area contributed by atoms with Gasteiger partial charge in [0.2, 0.25) is 0 Å². The van der Waals surface area contributed by atoms with Gasteiger partial charge in [-0.25, -0.2) is 4.98 Å². The van der Waals surface area contributed by atoms with Crippen molar-refractivity contribution in [2.45, 2.75) is 13.3 Å². The molecule has 0 unspecified atom stereocenters. The van der Waals surface area contributed by atoms with Crippen molar-refractivity contribution in [2.24, 2.45) is 5.73 Å². The lowest BCUT2D eigenvalue weighted by Gasteiger charge is -1.90. The highest BCUT2D eigenvalue weighted by atomic mass is 16.3. The first-order valence-corrected chi connectivity index (χ1v) is 4.60. The van der Waals surface area contributed by atoms with Crippen LogP contribution in [0.4, 0.5) is 0 Å². The Morgan fingerprint density at radius 1 is 1.57 bits per heavy atom. The number of rotatable bonds is 3. The zero-order valence-electron chi connectivity index (χ0n) is 8.08. The third-order valence-corrected chi connectivity index (χ3v) is 2.07. The van der Waals surface area contributed by atoms with Crippen LogP contribution < -0.4 is 5.73 Å². The first kappa shape index (κ1) is 9.02. The normalized spacial score (nSPS) is 10.7. The standard InChI is InChI=1S/C10H13N3O/c1-7-10(8-3-2-6-14-8)13-9(12-7)4-5-11/h2-3,6H,4-5,11H2,1H3,(H,12,13). The van der Waals surface area contributed by atoms with Crippen LogP contribution in [-0.2, 0) is 6.42 Å². The smallest absolute Gasteiger partial charge is 0.154 e. The van der Waals surface area contributed by atoms with Gasteiger partial charge in [-0.2, -0.15) is 0 Å². The molecule has 0 saturated carbocycles. The van der Waals surface area contributed by atoms with E-state index < -0.39 is 0 Å². The van der Waals surface area contributed by atoms with E-state index in [1.165, 1.54) is 0 Å². The molecule has 74 valence electrons. The van der Waals surface area contributed by atoms with Crippen molar-refractivity contribution in [3.63, 3.8) is 0 Å². The lowest BCUT2D eigenvalue weighted by Crippen LogP contribution is -2.03. The molecule has 0 fully saturated rings. The number of aryl methyl sites for hydroxylation is 1. The predicted octanol–water partition coefficient (Wildman–Crippen LogP) is 1.48.